The van der Waals surface area contributed by atoms with Crippen LogP contribution in [0.25, 0.3) is 0 Å². The number of aromatic amines is 1. The monoisotopic (exact) mass is 286 g/mol. The largest absolute Gasteiger partial charge is 0.326 e. The van der Waals surface area contributed by atoms with E-state index in [0.717, 1.165) is 25.7 Å². The summed E-state index contributed by atoms with van der Waals surface area (Å²) in [6.45, 7) is 4.60. The molecule has 0 radical (unpaired) electrons. The van der Waals surface area contributed by atoms with Gasteiger partial charge in [-0.25, -0.2) is 13.1 Å². The van der Waals surface area contributed by atoms with Gasteiger partial charge in [-0.2, -0.15) is 5.10 Å². The molecule has 0 spiro atoms. The molecular weight excluding hydrogens is 264 g/mol. The lowest BCUT2D eigenvalue weighted by Crippen LogP contribution is -2.39. The normalized spacial score (nSPS) is 20.6. The van der Waals surface area contributed by atoms with Crippen molar-refractivity contribution in [3.63, 3.8) is 0 Å². The van der Waals surface area contributed by atoms with E-state index >= 15 is 0 Å². The summed E-state index contributed by atoms with van der Waals surface area (Å²) in [6, 6.07) is 0.00643. The fourth-order valence-corrected chi connectivity index (χ4v) is 3.92. The number of aromatic nitrogens is 2. The lowest BCUT2D eigenvalue weighted by molar-refractivity contribution is 0.218. The van der Waals surface area contributed by atoms with Crippen LogP contribution >= 0.6 is 0 Å². The van der Waals surface area contributed by atoms with E-state index in [2.05, 4.69) is 28.8 Å². The first-order valence-corrected chi connectivity index (χ1v) is 8.07. The molecule has 0 amide bonds. The van der Waals surface area contributed by atoms with Crippen molar-refractivity contribution >= 4 is 10.0 Å². The molecule has 7 heteroatoms. The van der Waals surface area contributed by atoms with Crippen molar-refractivity contribution in [3.05, 3.63) is 11.8 Å². The fourth-order valence-electron chi connectivity index (χ4n) is 2.47. The highest BCUT2D eigenvalue weighted by molar-refractivity contribution is 7.89. The highest BCUT2D eigenvalue weighted by Crippen LogP contribution is 2.35. The first kappa shape index (κ1) is 14.5. The Kier molecular flexibility index (Phi) is 3.98. The standard InChI is InChI=1S/C12H22N4O2S/c1-12(2)5-3-10(4-6-12)16-19(17,18)11-9(7-13)8-14-15-11/h8,10,16H,3-7,13H2,1-2H3,(H,14,15). The van der Waals surface area contributed by atoms with Crippen molar-refractivity contribution < 1.29 is 8.42 Å². The van der Waals surface area contributed by atoms with E-state index in [1.54, 1.807) is 0 Å². The number of nitrogens with zero attached hydrogens (tertiary/aromatic N) is 1. The summed E-state index contributed by atoms with van der Waals surface area (Å²) in [6.07, 6.45) is 5.27. The van der Waals surface area contributed by atoms with E-state index in [1.807, 2.05) is 0 Å². The third-order valence-electron chi connectivity index (χ3n) is 3.83. The number of rotatable bonds is 4. The molecule has 0 aliphatic heterocycles. The molecule has 0 unspecified atom stereocenters. The molecule has 6 nitrogen and oxygen atoms in total. The van der Waals surface area contributed by atoms with E-state index in [-0.39, 0.29) is 17.6 Å². The van der Waals surface area contributed by atoms with Gasteiger partial charge < -0.3 is 5.73 Å². The molecular formula is C12H22N4O2S. The Morgan fingerprint density at radius 1 is 1.47 bits per heavy atom. The number of nitrogens with one attached hydrogen (secondary N) is 2. The Balaban J connectivity index is 2.07. The molecule has 0 atom stereocenters. The van der Waals surface area contributed by atoms with Gasteiger partial charge in [0.2, 0.25) is 0 Å². The average molecular weight is 286 g/mol. The second-order valence-corrected chi connectivity index (χ2v) is 7.64. The third-order valence-corrected chi connectivity index (χ3v) is 5.36. The summed E-state index contributed by atoms with van der Waals surface area (Å²) in [5, 5.41) is 6.37. The Morgan fingerprint density at radius 3 is 2.68 bits per heavy atom. The van der Waals surface area contributed by atoms with Crippen LogP contribution in [-0.2, 0) is 16.6 Å². The van der Waals surface area contributed by atoms with Gasteiger partial charge in [-0.1, -0.05) is 13.8 Å². The van der Waals surface area contributed by atoms with Crippen LogP contribution in [0.1, 0.15) is 45.1 Å². The summed E-state index contributed by atoms with van der Waals surface area (Å²) in [5.41, 5.74) is 6.34. The lowest BCUT2D eigenvalue weighted by atomic mass is 9.76. The summed E-state index contributed by atoms with van der Waals surface area (Å²) in [5.74, 6) is 0. The zero-order valence-electron chi connectivity index (χ0n) is 11.4. The van der Waals surface area contributed by atoms with Gasteiger partial charge in [0.15, 0.2) is 5.03 Å². The highest BCUT2D eigenvalue weighted by atomic mass is 32.2. The van der Waals surface area contributed by atoms with E-state index in [0.29, 0.717) is 11.0 Å². The van der Waals surface area contributed by atoms with Gasteiger partial charge in [0, 0.05) is 18.2 Å². The molecule has 1 aromatic rings. The summed E-state index contributed by atoms with van der Waals surface area (Å²) >= 11 is 0. The Bertz CT molecular complexity index is 526. The van der Waals surface area contributed by atoms with Crippen LogP contribution in [0.2, 0.25) is 0 Å². The quantitative estimate of drug-likeness (QED) is 0.772. The van der Waals surface area contributed by atoms with E-state index in [1.165, 1.54) is 6.20 Å². The lowest BCUT2D eigenvalue weighted by Gasteiger charge is -2.34. The summed E-state index contributed by atoms with van der Waals surface area (Å²) < 4.78 is 27.3. The molecule has 2 rings (SSSR count). The maximum Gasteiger partial charge on any atom is 0.258 e. The molecule has 1 saturated carbocycles. The zero-order valence-corrected chi connectivity index (χ0v) is 12.3. The minimum atomic E-state index is -3.54. The molecule has 1 heterocycles. The molecule has 1 aliphatic carbocycles. The first-order chi connectivity index (χ1) is 8.84. The van der Waals surface area contributed by atoms with Crippen LogP contribution in [0.4, 0.5) is 0 Å². The van der Waals surface area contributed by atoms with Crippen molar-refractivity contribution in [1.29, 1.82) is 0 Å². The Morgan fingerprint density at radius 2 is 2.11 bits per heavy atom. The van der Waals surface area contributed by atoms with Gasteiger partial charge in [0.05, 0.1) is 6.20 Å². The molecule has 108 valence electrons. The van der Waals surface area contributed by atoms with Crippen molar-refractivity contribution in [2.45, 2.75) is 57.1 Å². The van der Waals surface area contributed by atoms with Crippen molar-refractivity contribution in [3.8, 4) is 0 Å². The zero-order chi connectivity index (χ0) is 14.1. The number of H-pyrrole nitrogens is 1. The van der Waals surface area contributed by atoms with E-state index < -0.39 is 10.0 Å². The van der Waals surface area contributed by atoms with Crippen molar-refractivity contribution in [2.75, 3.05) is 0 Å². The van der Waals surface area contributed by atoms with Gasteiger partial charge in [0.25, 0.3) is 10.0 Å². The maximum atomic E-state index is 12.3. The summed E-state index contributed by atoms with van der Waals surface area (Å²) in [4.78, 5) is 0. The molecule has 1 aliphatic rings. The predicted molar refractivity (Wildman–Crippen MR) is 72.8 cm³/mol. The topological polar surface area (TPSA) is 101 Å². The molecule has 4 N–H and O–H groups in total. The van der Waals surface area contributed by atoms with E-state index in [9.17, 15) is 8.42 Å². The Labute approximate surface area is 114 Å². The average Bonchev–Trinajstić information content (AvgIpc) is 2.81. The number of sulfonamides is 1. The van der Waals surface area contributed by atoms with Gasteiger partial charge >= 0.3 is 0 Å². The summed E-state index contributed by atoms with van der Waals surface area (Å²) in [7, 11) is -3.54. The fraction of sp³-hybridized carbons (Fsp3) is 0.750. The minimum Gasteiger partial charge on any atom is -0.326 e. The minimum absolute atomic E-state index is 0.00643. The van der Waals surface area contributed by atoms with Crippen LogP contribution < -0.4 is 10.5 Å². The number of hydrogen-bond donors (Lipinski definition) is 3. The second kappa shape index (κ2) is 5.22. The van der Waals surface area contributed by atoms with Crippen molar-refractivity contribution in [1.82, 2.24) is 14.9 Å². The number of hydrogen-bond acceptors (Lipinski definition) is 4. The smallest absolute Gasteiger partial charge is 0.258 e. The van der Waals surface area contributed by atoms with Crippen LogP contribution in [0.5, 0.6) is 0 Å². The van der Waals surface area contributed by atoms with Crippen LogP contribution in [-0.4, -0.2) is 24.7 Å². The maximum absolute atomic E-state index is 12.3. The van der Waals surface area contributed by atoms with Gasteiger partial charge in [-0.15, -0.1) is 0 Å². The second-order valence-electron chi connectivity index (χ2n) is 5.99. The first-order valence-electron chi connectivity index (χ1n) is 6.59. The van der Waals surface area contributed by atoms with Gasteiger partial charge in [-0.05, 0) is 31.1 Å². The SMILES string of the molecule is CC1(C)CCC(NS(=O)(=O)c2[nH]ncc2CN)CC1. The van der Waals surface area contributed by atoms with Crippen LogP contribution in [0.15, 0.2) is 11.2 Å². The third kappa shape index (κ3) is 3.34. The Hall–Kier alpha value is -0.920. The highest BCUT2D eigenvalue weighted by Gasteiger charge is 2.30. The van der Waals surface area contributed by atoms with Gasteiger partial charge in [0.1, 0.15) is 0 Å². The van der Waals surface area contributed by atoms with Crippen molar-refractivity contribution in [2.24, 2.45) is 11.1 Å². The number of nitrogens with two attached hydrogens (primary N) is 1. The molecule has 19 heavy (non-hydrogen) atoms. The molecule has 0 saturated heterocycles. The van der Waals surface area contributed by atoms with Crippen LogP contribution in [0, 0.1) is 5.41 Å². The van der Waals surface area contributed by atoms with Crippen LogP contribution in [0.3, 0.4) is 0 Å². The molecule has 1 fully saturated rings. The molecule has 1 aromatic heterocycles. The van der Waals surface area contributed by atoms with E-state index in [4.69, 9.17) is 5.73 Å². The molecule has 0 aromatic carbocycles. The van der Waals surface area contributed by atoms with Gasteiger partial charge in [-0.3, -0.25) is 5.10 Å². The molecule has 0 bridgehead atoms. The predicted octanol–water partition coefficient (Wildman–Crippen LogP) is 1.12.